The number of aromatic nitrogens is 3. The number of nitrogens with zero attached hydrogens (tertiary/aromatic N) is 4. The standard InChI is InChI=1S/C23H19FN6O3/c24-16-3-1-2-15(12-16)20-19(21(25)31)18-13-29(9-10-30(18)28-20)23(32)27-17-6-4-14(5-7-17)22-26-8-11-33-22/h1-8,11-12H,9-10,13H2,(H2,25,31)(H,27,32). The topological polar surface area (TPSA) is 119 Å². The van der Waals surface area contributed by atoms with E-state index in [1.165, 1.54) is 18.4 Å². The molecular weight excluding hydrogens is 427 g/mol. The second-order valence-electron chi connectivity index (χ2n) is 7.53. The number of anilines is 1. The molecule has 0 unspecified atom stereocenters. The third-order valence-electron chi connectivity index (χ3n) is 5.43. The molecule has 0 radical (unpaired) electrons. The molecule has 1 aliphatic heterocycles. The summed E-state index contributed by atoms with van der Waals surface area (Å²) in [7, 11) is 0. The van der Waals surface area contributed by atoms with Gasteiger partial charge in [-0.25, -0.2) is 14.2 Å². The van der Waals surface area contributed by atoms with Crippen LogP contribution >= 0.6 is 0 Å². The fourth-order valence-corrected chi connectivity index (χ4v) is 3.85. The van der Waals surface area contributed by atoms with E-state index in [0.717, 1.165) is 5.56 Å². The molecule has 0 fully saturated rings. The molecule has 0 bridgehead atoms. The van der Waals surface area contributed by atoms with Gasteiger partial charge in [0.25, 0.3) is 5.91 Å². The Kier molecular flexibility index (Phi) is 5.09. The average Bonchev–Trinajstić information content (AvgIpc) is 3.47. The zero-order chi connectivity index (χ0) is 22.9. The summed E-state index contributed by atoms with van der Waals surface area (Å²) in [6.07, 6.45) is 3.05. The minimum Gasteiger partial charge on any atom is -0.445 e. The van der Waals surface area contributed by atoms with E-state index in [1.807, 2.05) is 0 Å². The van der Waals surface area contributed by atoms with Crippen LogP contribution < -0.4 is 11.1 Å². The van der Waals surface area contributed by atoms with Crippen LogP contribution in [0.2, 0.25) is 0 Å². The zero-order valence-electron chi connectivity index (χ0n) is 17.4. The number of oxazole rings is 1. The smallest absolute Gasteiger partial charge is 0.322 e. The number of fused-ring (bicyclic) bond motifs is 1. The molecule has 10 heteroatoms. The normalized spacial score (nSPS) is 12.9. The maximum absolute atomic E-state index is 13.7. The van der Waals surface area contributed by atoms with E-state index in [0.29, 0.717) is 41.6 Å². The van der Waals surface area contributed by atoms with Gasteiger partial charge in [0.15, 0.2) is 0 Å². The number of carbonyl (C=O) groups excluding carboxylic acids is 2. The summed E-state index contributed by atoms with van der Waals surface area (Å²) in [6, 6.07) is 12.6. The summed E-state index contributed by atoms with van der Waals surface area (Å²) >= 11 is 0. The first kappa shape index (κ1) is 20.4. The Labute approximate surface area is 187 Å². The lowest BCUT2D eigenvalue weighted by molar-refractivity contribution is 0.0997. The van der Waals surface area contributed by atoms with Gasteiger partial charge >= 0.3 is 6.03 Å². The first-order valence-corrected chi connectivity index (χ1v) is 10.2. The fraction of sp³-hybridized carbons (Fsp3) is 0.130. The lowest BCUT2D eigenvalue weighted by Gasteiger charge is -2.28. The van der Waals surface area contributed by atoms with Crippen LogP contribution in [0.25, 0.3) is 22.7 Å². The number of nitrogens with two attached hydrogens (primary N) is 1. The van der Waals surface area contributed by atoms with Crippen molar-refractivity contribution >= 4 is 17.6 Å². The molecule has 166 valence electrons. The van der Waals surface area contributed by atoms with Crippen LogP contribution in [-0.2, 0) is 13.1 Å². The molecule has 0 atom stereocenters. The average molecular weight is 446 g/mol. The minimum atomic E-state index is -0.681. The molecule has 0 saturated carbocycles. The van der Waals surface area contributed by atoms with Crippen molar-refractivity contribution in [3.8, 4) is 22.7 Å². The number of hydrogen-bond donors (Lipinski definition) is 2. The Morgan fingerprint density at radius 3 is 2.61 bits per heavy atom. The number of nitrogens with one attached hydrogen (secondary N) is 1. The van der Waals surface area contributed by atoms with Crippen molar-refractivity contribution in [2.75, 3.05) is 11.9 Å². The Morgan fingerprint density at radius 1 is 1.09 bits per heavy atom. The zero-order valence-corrected chi connectivity index (χ0v) is 17.4. The van der Waals surface area contributed by atoms with Gasteiger partial charge in [-0.05, 0) is 36.4 Å². The van der Waals surface area contributed by atoms with Gasteiger partial charge in [0.2, 0.25) is 5.89 Å². The Hall–Kier alpha value is -4.47. The molecule has 3 amide bonds. The van der Waals surface area contributed by atoms with E-state index in [2.05, 4.69) is 15.4 Å². The van der Waals surface area contributed by atoms with Crippen molar-refractivity contribution in [3.63, 3.8) is 0 Å². The van der Waals surface area contributed by atoms with Gasteiger partial charge in [0, 0.05) is 23.4 Å². The molecule has 3 N–H and O–H groups in total. The second kappa shape index (κ2) is 8.23. The summed E-state index contributed by atoms with van der Waals surface area (Å²) in [6.45, 7) is 0.901. The third-order valence-corrected chi connectivity index (χ3v) is 5.43. The Bertz CT molecular complexity index is 1330. The molecule has 33 heavy (non-hydrogen) atoms. The first-order valence-electron chi connectivity index (χ1n) is 10.2. The monoisotopic (exact) mass is 446 g/mol. The van der Waals surface area contributed by atoms with Crippen molar-refractivity contribution in [3.05, 3.63) is 78.1 Å². The maximum atomic E-state index is 13.7. The highest BCUT2D eigenvalue weighted by Gasteiger charge is 2.29. The first-order chi connectivity index (χ1) is 16.0. The van der Waals surface area contributed by atoms with Crippen molar-refractivity contribution < 1.29 is 18.4 Å². The van der Waals surface area contributed by atoms with E-state index < -0.39 is 11.7 Å². The summed E-state index contributed by atoms with van der Waals surface area (Å²) < 4.78 is 20.6. The number of benzene rings is 2. The maximum Gasteiger partial charge on any atom is 0.322 e. The SMILES string of the molecule is NC(=O)c1c(-c2cccc(F)c2)nn2c1CN(C(=O)Nc1ccc(-c3ncco3)cc1)CC2. The molecule has 0 saturated heterocycles. The van der Waals surface area contributed by atoms with Crippen LogP contribution in [0, 0.1) is 5.82 Å². The molecule has 5 rings (SSSR count). The van der Waals surface area contributed by atoms with Crippen LogP contribution in [0.1, 0.15) is 16.1 Å². The molecule has 3 heterocycles. The summed E-state index contributed by atoms with van der Waals surface area (Å²) in [5.74, 6) is -0.631. The van der Waals surface area contributed by atoms with E-state index in [4.69, 9.17) is 10.2 Å². The summed E-state index contributed by atoms with van der Waals surface area (Å²) in [5, 5.41) is 7.32. The molecule has 2 aromatic carbocycles. The highest BCUT2D eigenvalue weighted by Crippen LogP contribution is 2.29. The van der Waals surface area contributed by atoms with Gasteiger partial charge in [0.1, 0.15) is 17.8 Å². The number of carbonyl (C=O) groups is 2. The fourth-order valence-electron chi connectivity index (χ4n) is 3.85. The van der Waals surface area contributed by atoms with Gasteiger partial charge < -0.3 is 20.4 Å². The van der Waals surface area contributed by atoms with Gasteiger partial charge in [-0.15, -0.1) is 0 Å². The predicted octanol–water partition coefficient (Wildman–Crippen LogP) is 3.49. The van der Waals surface area contributed by atoms with E-state index in [9.17, 15) is 14.0 Å². The van der Waals surface area contributed by atoms with E-state index in [1.54, 1.807) is 52.2 Å². The molecule has 1 aliphatic rings. The van der Waals surface area contributed by atoms with Crippen LogP contribution in [0.5, 0.6) is 0 Å². The van der Waals surface area contributed by atoms with Gasteiger partial charge in [-0.3, -0.25) is 9.48 Å². The van der Waals surface area contributed by atoms with Gasteiger partial charge in [-0.2, -0.15) is 5.10 Å². The Balaban J connectivity index is 1.36. The predicted molar refractivity (Wildman–Crippen MR) is 118 cm³/mol. The van der Waals surface area contributed by atoms with Crippen molar-refractivity contribution in [2.45, 2.75) is 13.1 Å². The van der Waals surface area contributed by atoms with Crippen LogP contribution in [-0.4, -0.2) is 38.1 Å². The minimum absolute atomic E-state index is 0.140. The van der Waals surface area contributed by atoms with Crippen LogP contribution in [0.4, 0.5) is 14.9 Å². The number of amides is 3. The van der Waals surface area contributed by atoms with Crippen molar-refractivity contribution in [1.29, 1.82) is 0 Å². The number of rotatable bonds is 4. The Morgan fingerprint density at radius 2 is 1.91 bits per heavy atom. The highest BCUT2D eigenvalue weighted by atomic mass is 19.1. The quantitative estimate of drug-likeness (QED) is 0.497. The number of primary amides is 1. The van der Waals surface area contributed by atoms with Gasteiger partial charge in [0.05, 0.1) is 30.5 Å². The van der Waals surface area contributed by atoms with Crippen molar-refractivity contribution in [1.82, 2.24) is 19.7 Å². The summed E-state index contributed by atoms with van der Waals surface area (Å²) in [5.41, 5.74) is 8.49. The second-order valence-corrected chi connectivity index (χ2v) is 7.53. The molecule has 9 nitrogen and oxygen atoms in total. The summed E-state index contributed by atoms with van der Waals surface area (Å²) in [4.78, 5) is 30.8. The van der Waals surface area contributed by atoms with Crippen LogP contribution in [0.3, 0.4) is 0 Å². The number of hydrogen-bond acceptors (Lipinski definition) is 5. The highest BCUT2D eigenvalue weighted by molar-refractivity contribution is 6.00. The molecule has 2 aromatic heterocycles. The molecule has 0 aliphatic carbocycles. The number of urea groups is 1. The number of halogens is 1. The lowest BCUT2D eigenvalue weighted by Crippen LogP contribution is -2.41. The van der Waals surface area contributed by atoms with Crippen molar-refractivity contribution in [2.24, 2.45) is 5.73 Å². The lowest BCUT2D eigenvalue weighted by atomic mass is 10.0. The van der Waals surface area contributed by atoms with E-state index in [-0.39, 0.29) is 18.1 Å². The third kappa shape index (κ3) is 3.93. The molecular formula is C23H19FN6O3. The molecule has 4 aromatic rings. The molecule has 0 spiro atoms. The van der Waals surface area contributed by atoms with Gasteiger partial charge in [-0.1, -0.05) is 12.1 Å². The largest absolute Gasteiger partial charge is 0.445 e. The van der Waals surface area contributed by atoms with E-state index >= 15 is 0 Å². The van der Waals surface area contributed by atoms with Crippen LogP contribution in [0.15, 0.2) is 65.4 Å².